The minimum absolute atomic E-state index is 0.238. The Morgan fingerprint density at radius 3 is 2.23 bits per heavy atom. The van der Waals surface area contributed by atoms with Crippen LogP contribution in [0.1, 0.15) is 12.8 Å². The van der Waals surface area contributed by atoms with Crippen molar-refractivity contribution in [2.45, 2.75) is 38.5 Å². The van der Waals surface area contributed by atoms with E-state index in [4.69, 9.17) is 11.7 Å². The maximum atomic E-state index is 8.65. The van der Waals surface area contributed by atoms with Crippen LogP contribution < -0.4 is 0 Å². The molecule has 0 saturated heterocycles. The molecule has 0 N–H and O–H groups in total. The van der Waals surface area contributed by atoms with Crippen LogP contribution in [0.15, 0.2) is 0 Å². The Morgan fingerprint density at radius 2 is 1.92 bits per heavy atom. The predicted molar refractivity (Wildman–Crippen MR) is 58.6 cm³/mol. The van der Waals surface area contributed by atoms with E-state index in [-0.39, 0.29) is 6.04 Å². The fraction of sp³-hybridized carbons (Fsp3) is 0.700. The lowest BCUT2D eigenvalue weighted by molar-refractivity contribution is 0.379. The smallest absolute Gasteiger partial charge is 0.119 e. The van der Waals surface area contributed by atoms with Crippen LogP contribution in [0.2, 0.25) is 19.6 Å². The summed E-state index contributed by atoms with van der Waals surface area (Å²) in [5.74, 6) is 2.64. The van der Waals surface area contributed by atoms with Crippen LogP contribution in [0.4, 0.5) is 0 Å². The van der Waals surface area contributed by atoms with E-state index in [0.29, 0.717) is 12.8 Å². The van der Waals surface area contributed by atoms with Gasteiger partial charge in [0.05, 0.1) is 12.5 Å². The number of nitrogens with zero attached hydrogens (tertiary/aromatic N) is 2. The summed E-state index contributed by atoms with van der Waals surface area (Å²) in [5, 5.41) is 8.65. The fourth-order valence-electron chi connectivity index (χ4n) is 1.14. The summed E-state index contributed by atoms with van der Waals surface area (Å²) in [6, 6.07) is 2.43. The van der Waals surface area contributed by atoms with E-state index in [1.807, 2.05) is 0 Å². The fourth-order valence-corrected chi connectivity index (χ4v) is 2.41. The van der Waals surface area contributed by atoms with Crippen molar-refractivity contribution in [3.8, 4) is 18.4 Å². The molecule has 0 rings (SSSR count). The van der Waals surface area contributed by atoms with Gasteiger partial charge in [0.15, 0.2) is 0 Å². The number of hydrogen-bond acceptors (Lipinski definition) is 2. The van der Waals surface area contributed by atoms with Crippen LogP contribution >= 0.6 is 0 Å². The van der Waals surface area contributed by atoms with E-state index in [1.165, 1.54) is 0 Å². The van der Waals surface area contributed by atoms with E-state index in [0.717, 1.165) is 0 Å². The summed E-state index contributed by atoms with van der Waals surface area (Å²) in [5.41, 5.74) is 0. The normalized spacial score (nSPS) is 13.5. The number of rotatable bonds is 4. The van der Waals surface area contributed by atoms with Gasteiger partial charge in [-0.05, 0) is 7.05 Å². The van der Waals surface area contributed by atoms with Gasteiger partial charge in [-0.3, -0.25) is 0 Å². The summed E-state index contributed by atoms with van der Waals surface area (Å²) < 4.78 is 2.30. The Balaban J connectivity index is 4.40. The zero-order valence-electron chi connectivity index (χ0n) is 8.96. The van der Waals surface area contributed by atoms with Gasteiger partial charge in [-0.2, -0.15) is 5.26 Å². The molecule has 0 aromatic rings. The topological polar surface area (TPSA) is 27.0 Å². The molecule has 1 atom stereocenters. The SMILES string of the molecule is C#CCC(CC#N)N(C)[Si](C)(C)C. The van der Waals surface area contributed by atoms with E-state index >= 15 is 0 Å². The van der Waals surface area contributed by atoms with Gasteiger partial charge in [0.25, 0.3) is 0 Å². The monoisotopic (exact) mass is 194 g/mol. The molecule has 72 valence electrons. The second-order valence-corrected chi connectivity index (χ2v) is 9.25. The highest BCUT2D eigenvalue weighted by molar-refractivity contribution is 6.73. The first-order valence-corrected chi connectivity index (χ1v) is 7.91. The molecule has 0 aliphatic rings. The molecular weight excluding hydrogens is 176 g/mol. The second kappa shape index (κ2) is 5.06. The van der Waals surface area contributed by atoms with Gasteiger partial charge in [-0.15, -0.1) is 12.3 Å². The van der Waals surface area contributed by atoms with E-state index < -0.39 is 8.24 Å². The molecule has 0 aromatic carbocycles. The molecule has 0 spiro atoms. The minimum atomic E-state index is -1.31. The van der Waals surface area contributed by atoms with Crippen molar-refractivity contribution in [1.82, 2.24) is 4.57 Å². The molecule has 0 aliphatic carbocycles. The minimum Gasteiger partial charge on any atom is -0.322 e. The number of hydrogen-bond donors (Lipinski definition) is 0. The maximum absolute atomic E-state index is 8.65. The molecule has 2 nitrogen and oxygen atoms in total. The molecule has 0 radical (unpaired) electrons. The third kappa shape index (κ3) is 4.12. The van der Waals surface area contributed by atoms with E-state index in [2.05, 4.69) is 43.2 Å². The zero-order valence-corrected chi connectivity index (χ0v) is 9.96. The molecule has 0 amide bonds. The van der Waals surface area contributed by atoms with Crippen LogP contribution in [-0.2, 0) is 0 Å². The lowest BCUT2D eigenvalue weighted by Crippen LogP contribution is -2.49. The Morgan fingerprint density at radius 1 is 1.38 bits per heavy atom. The van der Waals surface area contributed by atoms with E-state index in [9.17, 15) is 0 Å². The van der Waals surface area contributed by atoms with Gasteiger partial charge in [0, 0.05) is 12.5 Å². The summed E-state index contributed by atoms with van der Waals surface area (Å²) in [6.07, 6.45) is 6.48. The highest BCUT2D eigenvalue weighted by Gasteiger charge is 2.26. The second-order valence-electron chi connectivity index (χ2n) is 4.21. The first-order chi connectivity index (χ1) is 5.93. The van der Waals surface area contributed by atoms with Crippen molar-refractivity contribution in [1.29, 1.82) is 5.26 Å². The summed E-state index contributed by atoms with van der Waals surface area (Å²) in [7, 11) is 0.763. The first kappa shape index (κ1) is 12.2. The lowest BCUT2D eigenvalue weighted by atomic mass is 10.1. The van der Waals surface area contributed by atoms with Crippen LogP contribution in [0.5, 0.6) is 0 Å². The Bertz CT molecular complexity index is 213. The molecular formula is C10H18N2Si. The summed E-state index contributed by atoms with van der Waals surface area (Å²) in [4.78, 5) is 0. The molecule has 0 heterocycles. The highest BCUT2D eigenvalue weighted by Crippen LogP contribution is 2.15. The summed E-state index contributed by atoms with van der Waals surface area (Å²) in [6.45, 7) is 6.77. The molecule has 0 aromatic heterocycles. The first-order valence-electron chi connectivity index (χ1n) is 4.46. The van der Waals surface area contributed by atoms with Crippen LogP contribution in [0.3, 0.4) is 0 Å². The molecule has 0 saturated carbocycles. The quantitative estimate of drug-likeness (QED) is 0.506. The third-order valence-electron chi connectivity index (χ3n) is 2.29. The van der Waals surface area contributed by atoms with Crippen molar-refractivity contribution in [3.63, 3.8) is 0 Å². The van der Waals surface area contributed by atoms with Crippen molar-refractivity contribution in [2.75, 3.05) is 7.05 Å². The van der Waals surface area contributed by atoms with Crippen molar-refractivity contribution >= 4 is 8.24 Å². The Labute approximate surface area is 82.6 Å². The van der Waals surface area contributed by atoms with Crippen molar-refractivity contribution in [3.05, 3.63) is 0 Å². The van der Waals surface area contributed by atoms with Crippen LogP contribution in [0.25, 0.3) is 0 Å². The van der Waals surface area contributed by atoms with E-state index in [1.54, 1.807) is 0 Å². The lowest BCUT2D eigenvalue weighted by Gasteiger charge is -2.35. The van der Waals surface area contributed by atoms with Gasteiger partial charge >= 0.3 is 0 Å². The molecule has 0 aliphatic heterocycles. The highest BCUT2D eigenvalue weighted by atomic mass is 28.3. The largest absolute Gasteiger partial charge is 0.322 e. The Hall–Kier alpha value is -0.773. The van der Waals surface area contributed by atoms with Crippen molar-refractivity contribution in [2.24, 2.45) is 0 Å². The third-order valence-corrected chi connectivity index (χ3v) is 4.77. The molecule has 1 unspecified atom stereocenters. The molecule has 13 heavy (non-hydrogen) atoms. The van der Waals surface area contributed by atoms with Crippen molar-refractivity contribution < 1.29 is 0 Å². The van der Waals surface area contributed by atoms with Gasteiger partial charge in [-0.1, -0.05) is 19.6 Å². The van der Waals surface area contributed by atoms with Crippen LogP contribution in [0, 0.1) is 23.7 Å². The van der Waals surface area contributed by atoms with Gasteiger partial charge in [0.1, 0.15) is 8.24 Å². The average molecular weight is 194 g/mol. The predicted octanol–water partition coefficient (Wildman–Crippen LogP) is 2.06. The maximum Gasteiger partial charge on any atom is 0.119 e. The van der Waals surface area contributed by atoms with Gasteiger partial charge in [0.2, 0.25) is 0 Å². The van der Waals surface area contributed by atoms with Gasteiger partial charge in [-0.25, -0.2) is 0 Å². The number of nitriles is 1. The molecule has 0 bridgehead atoms. The average Bonchev–Trinajstić information content (AvgIpc) is 2.01. The molecule has 0 fully saturated rings. The van der Waals surface area contributed by atoms with Crippen LogP contribution in [-0.4, -0.2) is 25.9 Å². The summed E-state index contributed by atoms with van der Waals surface area (Å²) >= 11 is 0. The zero-order chi connectivity index (χ0) is 10.5. The number of terminal acetylenes is 1. The Kier molecular flexibility index (Phi) is 4.76. The standard InChI is InChI=1S/C10H18N2Si/c1-6-7-10(8-9-11)12(2)13(3,4)5/h1,10H,7-8H2,2-5H3. The molecule has 3 heteroatoms. The van der Waals surface area contributed by atoms with Gasteiger partial charge < -0.3 is 4.57 Å².